The van der Waals surface area contributed by atoms with Gasteiger partial charge in [0, 0.05) is 17.1 Å². The van der Waals surface area contributed by atoms with Crippen molar-refractivity contribution in [3.63, 3.8) is 0 Å². The Morgan fingerprint density at radius 2 is 2.14 bits per heavy atom. The number of aromatic nitrogens is 4. The number of benzene rings is 1. The minimum absolute atomic E-state index is 0.728. The van der Waals surface area contributed by atoms with Crippen LogP contribution in [0.2, 0.25) is 0 Å². The smallest absolute Gasteiger partial charge is 0.137 e. The summed E-state index contributed by atoms with van der Waals surface area (Å²) >= 11 is 0. The second-order valence-corrected chi connectivity index (χ2v) is 6.13. The Labute approximate surface area is 124 Å². The average molecular weight is 285 g/mol. The molecule has 1 aromatic carbocycles. The molecule has 0 saturated carbocycles. The van der Waals surface area contributed by atoms with Crippen LogP contribution in [0.5, 0.6) is 0 Å². The van der Waals surface area contributed by atoms with Gasteiger partial charge in [-0.15, -0.1) is 0 Å². The first-order valence-electron chi connectivity index (χ1n) is 6.99. The summed E-state index contributed by atoms with van der Waals surface area (Å²) in [6.45, 7) is 1.57. The number of H-pyrrole nitrogens is 1. The third-order valence-electron chi connectivity index (χ3n) is 3.39. The Kier molecular flexibility index (Phi) is 3.48. The molecule has 3 rings (SSSR count). The largest absolute Gasteiger partial charge is 0.361 e. The fourth-order valence-electron chi connectivity index (χ4n) is 2.29. The zero-order chi connectivity index (χ0) is 14.9. The van der Waals surface area contributed by atoms with Crippen molar-refractivity contribution in [2.75, 3.05) is 21.1 Å². The van der Waals surface area contributed by atoms with E-state index in [1.54, 1.807) is 12.7 Å². The van der Waals surface area contributed by atoms with Crippen LogP contribution < -0.4 is 5.43 Å². The first-order valence-corrected chi connectivity index (χ1v) is 6.99. The monoisotopic (exact) mass is 285 g/mol. The van der Waals surface area contributed by atoms with Crippen LogP contribution in [0.1, 0.15) is 11.1 Å². The third kappa shape index (κ3) is 3.29. The van der Waals surface area contributed by atoms with Gasteiger partial charge >= 0.3 is 0 Å². The lowest BCUT2D eigenvalue weighted by Crippen LogP contribution is -2.47. The van der Waals surface area contributed by atoms with E-state index in [0.717, 1.165) is 23.2 Å². The Morgan fingerprint density at radius 1 is 1.29 bits per heavy atom. The van der Waals surface area contributed by atoms with Gasteiger partial charge in [0.2, 0.25) is 0 Å². The molecule has 3 aromatic rings. The highest BCUT2D eigenvalue weighted by Gasteiger charge is 2.10. The summed E-state index contributed by atoms with van der Waals surface area (Å²) in [4.78, 5) is 7.31. The summed E-state index contributed by atoms with van der Waals surface area (Å²) in [5.74, 6) is 0. The lowest BCUT2D eigenvalue weighted by Gasteiger charge is -2.23. The number of hydrogen-bond donors (Lipinski definition) is 2. The molecule has 6 nitrogen and oxygen atoms in total. The van der Waals surface area contributed by atoms with Crippen LogP contribution in [0, 0.1) is 0 Å². The van der Waals surface area contributed by atoms with E-state index in [-0.39, 0.29) is 0 Å². The van der Waals surface area contributed by atoms with Gasteiger partial charge in [0.15, 0.2) is 0 Å². The number of rotatable bonds is 5. The van der Waals surface area contributed by atoms with Crippen LogP contribution in [-0.2, 0) is 13.1 Å². The summed E-state index contributed by atoms with van der Waals surface area (Å²) in [7, 11) is 6.35. The number of fused-ring (bicyclic) bond motifs is 1. The van der Waals surface area contributed by atoms with Gasteiger partial charge in [-0.05, 0) is 23.3 Å². The first kappa shape index (κ1) is 13.8. The molecule has 110 valence electrons. The van der Waals surface area contributed by atoms with Gasteiger partial charge in [0.05, 0.1) is 34.2 Å². The maximum atomic E-state index is 4.15. The highest BCUT2D eigenvalue weighted by molar-refractivity contribution is 5.83. The minimum Gasteiger partial charge on any atom is -0.361 e. The Bertz CT molecular complexity index is 720. The van der Waals surface area contributed by atoms with Crippen molar-refractivity contribution in [2.24, 2.45) is 0 Å². The summed E-state index contributed by atoms with van der Waals surface area (Å²) < 4.78 is 2.56. The Balaban J connectivity index is 1.85. The van der Waals surface area contributed by atoms with Gasteiger partial charge in [0.25, 0.3) is 0 Å². The second-order valence-electron chi connectivity index (χ2n) is 6.13. The molecule has 2 heterocycles. The normalized spacial score (nSPS) is 12.1. The lowest BCUT2D eigenvalue weighted by atomic mass is 10.1. The average Bonchev–Trinajstić information content (AvgIpc) is 3.05. The van der Waals surface area contributed by atoms with Gasteiger partial charge in [0.1, 0.15) is 12.7 Å². The molecule has 0 atom stereocenters. The molecule has 0 aliphatic carbocycles. The van der Waals surface area contributed by atoms with E-state index in [0.29, 0.717) is 0 Å². The molecule has 0 saturated heterocycles. The maximum Gasteiger partial charge on any atom is 0.137 e. The molecule has 0 radical (unpaired) electrons. The fraction of sp³-hybridized carbons (Fsp3) is 0.333. The summed E-state index contributed by atoms with van der Waals surface area (Å²) in [5, 5.41) is 5.41. The molecule has 0 unspecified atom stereocenters. The molecule has 0 spiro atoms. The molecule has 6 heteroatoms. The molecule has 0 amide bonds. The van der Waals surface area contributed by atoms with E-state index in [1.807, 2.05) is 4.68 Å². The SMILES string of the molecule is C[N+](C)(C)NCc1c[nH]c2ccc(Cn3cncn3)cc12. The van der Waals surface area contributed by atoms with E-state index in [4.69, 9.17) is 0 Å². The molecular formula is C15H21N6+. The van der Waals surface area contributed by atoms with E-state index in [9.17, 15) is 0 Å². The Morgan fingerprint density at radius 3 is 2.86 bits per heavy atom. The van der Waals surface area contributed by atoms with Crippen molar-refractivity contribution in [1.29, 1.82) is 0 Å². The predicted molar refractivity (Wildman–Crippen MR) is 82.3 cm³/mol. The fourth-order valence-corrected chi connectivity index (χ4v) is 2.29. The molecule has 0 aliphatic heterocycles. The van der Waals surface area contributed by atoms with E-state index < -0.39 is 0 Å². The molecule has 2 aromatic heterocycles. The van der Waals surface area contributed by atoms with E-state index in [1.165, 1.54) is 16.5 Å². The molecule has 0 bridgehead atoms. The van der Waals surface area contributed by atoms with Crippen LogP contribution in [0.3, 0.4) is 0 Å². The van der Waals surface area contributed by atoms with Gasteiger partial charge < -0.3 is 4.98 Å². The predicted octanol–water partition coefficient (Wildman–Crippen LogP) is 1.52. The van der Waals surface area contributed by atoms with Gasteiger partial charge in [-0.2, -0.15) is 10.5 Å². The number of aromatic amines is 1. The molecule has 0 aliphatic rings. The molecule has 21 heavy (non-hydrogen) atoms. The first-order chi connectivity index (χ1) is 10.0. The third-order valence-corrected chi connectivity index (χ3v) is 3.39. The van der Waals surface area contributed by atoms with Crippen LogP contribution in [0.25, 0.3) is 10.9 Å². The lowest BCUT2D eigenvalue weighted by molar-refractivity contribution is -0.917. The van der Waals surface area contributed by atoms with Crippen LogP contribution in [-0.4, -0.2) is 45.5 Å². The molecular weight excluding hydrogens is 264 g/mol. The van der Waals surface area contributed by atoms with Crippen molar-refractivity contribution in [1.82, 2.24) is 25.2 Å². The summed E-state index contributed by atoms with van der Waals surface area (Å²) in [6, 6.07) is 6.47. The summed E-state index contributed by atoms with van der Waals surface area (Å²) in [5.41, 5.74) is 7.13. The quantitative estimate of drug-likeness (QED) is 0.552. The molecule has 2 N–H and O–H groups in total. The van der Waals surface area contributed by atoms with Crippen molar-refractivity contribution in [3.8, 4) is 0 Å². The van der Waals surface area contributed by atoms with Crippen LogP contribution >= 0.6 is 0 Å². The number of hydrogen-bond acceptors (Lipinski definition) is 3. The zero-order valence-electron chi connectivity index (χ0n) is 12.7. The maximum absolute atomic E-state index is 4.15. The second kappa shape index (κ2) is 5.31. The number of nitrogens with zero attached hydrogens (tertiary/aromatic N) is 4. The minimum atomic E-state index is 0.728. The zero-order valence-corrected chi connectivity index (χ0v) is 12.7. The van der Waals surface area contributed by atoms with Crippen molar-refractivity contribution >= 4 is 10.9 Å². The van der Waals surface area contributed by atoms with Crippen LogP contribution in [0.4, 0.5) is 0 Å². The van der Waals surface area contributed by atoms with Crippen molar-refractivity contribution in [3.05, 3.63) is 48.2 Å². The van der Waals surface area contributed by atoms with Crippen molar-refractivity contribution in [2.45, 2.75) is 13.1 Å². The highest BCUT2D eigenvalue weighted by Crippen LogP contribution is 2.20. The van der Waals surface area contributed by atoms with Crippen LogP contribution in [0.15, 0.2) is 37.1 Å². The van der Waals surface area contributed by atoms with Gasteiger partial charge in [-0.3, -0.25) is 4.59 Å². The standard InChI is InChI=1S/C15H21N6/c1-21(2,3)19-8-13-7-17-15-5-4-12(6-14(13)15)9-20-11-16-10-18-20/h4-7,10-11,17,19H,8-9H2,1-3H3/q+1. The highest BCUT2D eigenvalue weighted by atomic mass is 15.6. The van der Waals surface area contributed by atoms with E-state index in [2.05, 4.69) is 66.0 Å². The van der Waals surface area contributed by atoms with Crippen molar-refractivity contribution < 1.29 is 4.59 Å². The topological polar surface area (TPSA) is 58.5 Å². The van der Waals surface area contributed by atoms with Gasteiger partial charge in [-0.1, -0.05) is 6.07 Å². The summed E-state index contributed by atoms with van der Waals surface area (Å²) in [6.07, 6.45) is 5.37. The Hall–Kier alpha value is -2.18. The van der Waals surface area contributed by atoms with Gasteiger partial charge in [-0.25, -0.2) is 9.67 Å². The number of nitrogens with one attached hydrogen (secondary N) is 2. The van der Waals surface area contributed by atoms with E-state index >= 15 is 0 Å². The molecule has 0 fully saturated rings. The number of quaternary nitrogens is 1.